The first-order valence-electron chi connectivity index (χ1n) is 9.67. The molecular formula is C21H21ClN2O4S. The van der Waals surface area contributed by atoms with E-state index in [9.17, 15) is 9.59 Å². The van der Waals surface area contributed by atoms with Crippen molar-refractivity contribution in [2.24, 2.45) is 0 Å². The van der Waals surface area contributed by atoms with Crippen LogP contribution in [0.1, 0.15) is 35.5 Å². The van der Waals surface area contributed by atoms with Crippen LogP contribution in [0.5, 0.6) is 5.75 Å². The Morgan fingerprint density at radius 2 is 1.97 bits per heavy atom. The van der Waals surface area contributed by atoms with Gasteiger partial charge in [0, 0.05) is 16.3 Å². The van der Waals surface area contributed by atoms with Crippen molar-refractivity contribution in [1.29, 1.82) is 0 Å². The predicted octanol–water partition coefficient (Wildman–Crippen LogP) is 4.07. The molecule has 1 aromatic carbocycles. The lowest BCUT2D eigenvalue weighted by Crippen LogP contribution is -2.16. The van der Waals surface area contributed by atoms with Crippen molar-refractivity contribution >= 4 is 39.1 Å². The number of aryl methyl sites for hydroxylation is 3. The normalized spacial score (nSPS) is 13.3. The van der Waals surface area contributed by atoms with Crippen molar-refractivity contribution in [2.75, 3.05) is 13.2 Å². The van der Waals surface area contributed by atoms with Gasteiger partial charge in [-0.05, 0) is 55.5 Å². The number of rotatable bonds is 7. The maximum atomic E-state index is 12.5. The Morgan fingerprint density at radius 1 is 1.17 bits per heavy atom. The number of aromatic amines is 1. The lowest BCUT2D eigenvalue weighted by molar-refractivity contribution is -0.144. The highest BCUT2D eigenvalue weighted by atomic mass is 35.5. The number of thiophene rings is 1. The zero-order chi connectivity index (χ0) is 20.2. The number of fused-ring (bicyclic) bond motifs is 3. The Hall–Kier alpha value is -2.38. The van der Waals surface area contributed by atoms with Crippen molar-refractivity contribution in [3.63, 3.8) is 0 Å². The van der Waals surface area contributed by atoms with E-state index in [0.29, 0.717) is 23.0 Å². The molecule has 0 spiro atoms. The first kappa shape index (κ1) is 19.9. The number of halogens is 1. The number of carbonyl (C=O) groups excluding carboxylic acids is 1. The minimum atomic E-state index is -0.349. The number of ether oxygens (including phenoxy) is 2. The maximum absolute atomic E-state index is 12.5. The third-order valence-electron chi connectivity index (χ3n) is 4.87. The zero-order valence-corrected chi connectivity index (χ0v) is 17.4. The molecule has 0 bridgehead atoms. The summed E-state index contributed by atoms with van der Waals surface area (Å²) in [5, 5.41) is 1.37. The molecule has 2 heterocycles. The molecule has 0 fully saturated rings. The molecule has 3 aromatic rings. The number of hydrogen-bond acceptors (Lipinski definition) is 6. The molecule has 8 heteroatoms. The number of benzene rings is 1. The molecule has 29 heavy (non-hydrogen) atoms. The number of H-pyrrole nitrogens is 1. The summed E-state index contributed by atoms with van der Waals surface area (Å²) in [5.41, 5.74) is 1.06. The van der Waals surface area contributed by atoms with Crippen LogP contribution in [0.3, 0.4) is 0 Å². The summed E-state index contributed by atoms with van der Waals surface area (Å²) >= 11 is 7.42. The van der Waals surface area contributed by atoms with Gasteiger partial charge in [-0.3, -0.25) is 9.59 Å². The second-order valence-electron chi connectivity index (χ2n) is 6.93. The molecule has 0 saturated heterocycles. The lowest BCUT2D eigenvalue weighted by atomic mass is 9.97. The third-order valence-corrected chi connectivity index (χ3v) is 6.31. The van der Waals surface area contributed by atoms with Gasteiger partial charge in [0.2, 0.25) is 0 Å². The Morgan fingerprint density at radius 3 is 2.79 bits per heavy atom. The Kier molecular flexibility index (Phi) is 6.16. The van der Waals surface area contributed by atoms with Crippen LogP contribution in [0.25, 0.3) is 10.2 Å². The first-order chi connectivity index (χ1) is 14.1. The zero-order valence-electron chi connectivity index (χ0n) is 15.8. The highest BCUT2D eigenvalue weighted by molar-refractivity contribution is 7.18. The molecular weight excluding hydrogens is 412 g/mol. The lowest BCUT2D eigenvalue weighted by Gasteiger charge is -2.09. The quantitative estimate of drug-likeness (QED) is 0.449. The van der Waals surface area contributed by atoms with Crippen LogP contribution in [-0.2, 0) is 28.8 Å². The number of nitrogens with one attached hydrogen (secondary N) is 1. The van der Waals surface area contributed by atoms with Crippen LogP contribution in [0.15, 0.2) is 29.1 Å². The van der Waals surface area contributed by atoms with Gasteiger partial charge in [-0.1, -0.05) is 11.6 Å². The molecule has 1 aliphatic rings. The standard InChI is InChI=1S/C21H21ClN2O4S/c22-13-5-7-14(8-6-13)27-11-12-28-18(25)10-9-17-23-20(26)19-15-3-1-2-4-16(15)29-21(19)24-17/h5-8H,1-4,9-12H2,(H,23,24,26). The number of carbonyl (C=O) groups is 1. The minimum Gasteiger partial charge on any atom is -0.490 e. The minimum absolute atomic E-state index is 0.103. The van der Waals surface area contributed by atoms with Crippen LogP contribution < -0.4 is 10.3 Å². The van der Waals surface area contributed by atoms with Gasteiger partial charge in [0.1, 0.15) is 29.6 Å². The number of hydrogen-bond donors (Lipinski definition) is 1. The van der Waals surface area contributed by atoms with Crippen LogP contribution in [0, 0.1) is 0 Å². The average molecular weight is 433 g/mol. The molecule has 6 nitrogen and oxygen atoms in total. The van der Waals surface area contributed by atoms with Gasteiger partial charge in [0.05, 0.1) is 11.8 Å². The van der Waals surface area contributed by atoms with E-state index in [1.165, 1.54) is 4.88 Å². The van der Waals surface area contributed by atoms with Gasteiger partial charge in [-0.2, -0.15) is 0 Å². The van der Waals surface area contributed by atoms with Gasteiger partial charge in [0.15, 0.2) is 0 Å². The van der Waals surface area contributed by atoms with Crippen molar-refractivity contribution in [2.45, 2.75) is 38.5 Å². The maximum Gasteiger partial charge on any atom is 0.306 e. The second kappa shape index (κ2) is 8.97. The molecule has 0 aliphatic heterocycles. The molecule has 0 radical (unpaired) electrons. The Balaban J connectivity index is 1.28. The van der Waals surface area contributed by atoms with Crippen LogP contribution >= 0.6 is 22.9 Å². The fraction of sp³-hybridized carbons (Fsp3) is 0.381. The fourth-order valence-corrected chi connectivity index (χ4v) is 4.87. The van der Waals surface area contributed by atoms with E-state index in [2.05, 4.69) is 9.97 Å². The van der Waals surface area contributed by atoms with E-state index in [0.717, 1.165) is 41.5 Å². The summed E-state index contributed by atoms with van der Waals surface area (Å²) in [5.74, 6) is 0.840. The Bertz CT molecular complexity index is 1070. The van der Waals surface area contributed by atoms with Crippen molar-refractivity contribution < 1.29 is 14.3 Å². The predicted molar refractivity (Wildman–Crippen MR) is 113 cm³/mol. The van der Waals surface area contributed by atoms with Crippen LogP contribution in [0.4, 0.5) is 0 Å². The van der Waals surface area contributed by atoms with Gasteiger partial charge in [-0.25, -0.2) is 4.98 Å². The summed E-state index contributed by atoms with van der Waals surface area (Å²) in [6, 6.07) is 6.98. The summed E-state index contributed by atoms with van der Waals surface area (Å²) in [7, 11) is 0. The van der Waals surface area contributed by atoms with E-state index in [4.69, 9.17) is 21.1 Å². The van der Waals surface area contributed by atoms with E-state index in [-0.39, 0.29) is 31.2 Å². The van der Waals surface area contributed by atoms with Crippen molar-refractivity contribution in [3.8, 4) is 5.75 Å². The molecule has 2 aromatic heterocycles. The molecule has 4 rings (SSSR count). The SMILES string of the molecule is O=C(CCc1nc2sc3c(c2c(=O)[nH]1)CCCC3)OCCOc1ccc(Cl)cc1. The highest BCUT2D eigenvalue weighted by Crippen LogP contribution is 2.33. The fourth-order valence-electron chi connectivity index (χ4n) is 3.47. The molecule has 0 saturated carbocycles. The number of nitrogens with zero attached hydrogens (tertiary/aromatic N) is 1. The van der Waals surface area contributed by atoms with E-state index < -0.39 is 0 Å². The van der Waals surface area contributed by atoms with Gasteiger partial charge >= 0.3 is 5.97 Å². The van der Waals surface area contributed by atoms with Gasteiger partial charge < -0.3 is 14.5 Å². The molecule has 1 N–H and O–H groups in total. The topological polar surface area (TPSA) is 81.3 Å². The second-order valence-corrected chi connectivity index (χ2v) is 8.45. The van der Waals surface area contributed by atoms with Gasteiger partial charge in [0.25, 0.3) is 5.56 Å². The molecule has 0 amide bonds. The third kappa shape index (κ3) is 4.79. The summed E-state index contributed by atoms with van der Waals surface area (Å²) in [4.78, 5) is 33.9. The summed E-state index contributed by atoms with van der Waals surface area (Å²) in [6.07, 6.45) is 4.75. The van der Waals surface area contributed by atoms with Gasteiger partial charge in [-0.15, -0.1) is 11.3 Å². The average Bonchev–Trinajstić information content (AvgIpc) is 3.10. The van der Waals surface area contributed by atoms with E-state index >= 15 is 0 Å². The molecule has 1 aliphatic carbocycles. The van der Waals surface area contributed by atoms with E-state index in [1.54, 1.807) is 35.6 Å². The Labute approximate surface area is 176 Å². The monoisotopic (exact) mass is 432 g/mol. The largest absolute Gasteiger partial charge is 0.490 e. The number of aromatic nitrogens is 2. The smallest absolute Gasteiger partial charge is 0.306 e. The van der Waals surface area contributed by atoms with Crippen LogP contribution in [-0.4, -0.2) is 29.2 Å². The molecule has 0 unspecified atom stereocenters. The van der Waals surface area contributed by atoms with E-state index in [1.807, 2.05) is 0 Å². The molecule has 152 valence electrons. The van der Waals surface area contributed by atoms with Crippen LogP contribution in [0.2, 0.25) is 5.02 Å². The summed E-state index contributed by atoms with van der Waals surface area (Å²) < 4.78 is 10.7. The van der Waals surface area contributed by atoms with Crippen molar-refractivity contribution in [1.82, 2.24) is 9.97 Å². The number of esters is 1. The molecule has 0 atom stereocenters. The van der Waals surface area contributed by atoms with Crippen molar-refractivity contribution in [3.05, 3.63) is 55.9 Å². The summed E-state index contributed by atoms with van der Waals surface area (Å²) in [6.45, 7) is 0.414. The highest BCUT2D eigenvalue weighted by Gasteiger charge is 2.20. The first-order valence-corrected chi connectivity index (χ1v) is 10.9.